The van der Waals surface area contributed by atoms with Crippen LogP contribution in [-0.2, 0) is 4.79 Å². The molecule has 6 heteroatoms. The van der Waals surface area contributed by atoms with Crippen LogP contribution >= 0.6 is 0 Å². The van der Waals surface area contributed by atoms with Gasteiger partial charge in [-0.25, -0.2) is 4.98 Å². The normalized spacial score (nSPS) is 10.1. The number of hydrogen-bond acceptors (Lipinski definition) is 5. The number of anilines is 3. The molecule has 0 saturated heterocycles. The van der Waals surface area contributed by atoms with Gasteiger partial charge in [-0.15, -0.1) is 0 Å². The van der Waals surface area contributed by atoms with Crippen molar-refractivity contribution in [2.45, 2.75) is 6.92 Å². The zero-order valence-electron chi connectivity index (χ0n) is 15.0. The third-order valence-corrected chi connectivity index (χ3v) is 3.60. The largest absolute Gasteiger partial charge is 0.494 e. The maximum atomic E-state index is 12.0. The molecule has 2 aromatic carbocycles. The van der Waals surface area contributed by atoms with Crippen LogP contribution in [0.5, 0.6) is 11.5 Å². The van der Waals surface area contributed by atoms with Crippen molar-refractivity contribution in [3.05, 3.63) is 72.9 Å². The Bertz CT molecular complexity index is 850. The van der Waals surface area contributed by atoms with Gasteiger partial charge in [-0.05, 0) is 55.5 Å². The van der Waals surface area contributed by atoms with Crippen LogP contribution in [0.4, 0.5) is 17.2 Å². The molecule has 0 aliphatic carbocycles. The van der Waals surface area contributed by atoms with E-state index in [1.165, 1.54) is 0 Å². The quantitative estimate of drug-likeness (QED) is 0.626. The summed E-state index contributed by atoms with van der Waals surface area (Å²) in [6.45, 7) is 2.53. The molecule has 0 aliphatic rings. The molecule has 0 saturated carbocycles. The third-order valence-electron chi connectivity index (χ3n) is 3.60. The number of pyridine rings is 1. The Morgan fingerprint density at radius 1 is 0.889 bits per heavy atom. The fourth-order valence-corrected chi connectivity index (χ4v) is 2.35. The van der Waals surface area contributed by atoms with E-state index in [1.807, 2.05) is 49.4 Å². The highest BCUT2D eigenvalue weighted by molar-refractivity contribution is 5.91. The second-order valence-electron chi connectivity index (χ2n) is 5.66. The van der Waals surface area contributed by atoms with Gasteiger partial charge in [-0.1, -0.05) is 18.2 Å². The van der Waals surface area contributed by atoms with Gasteiger partial charge in [-0.3, -0.25) is 4.79 Å². The number of rotatable bonds is 8. The van der Waals surface area contributed by atoms with Crippen LogP contribution in [0.1, 0.15) is 6.92 Å². The van der Waals surface area contributed by atoms with E-state index in [2.05, 4.69) is 15.6 Å². The maximum absolute atomic E-state index is 12.0. The summed E-state index contributed by atoms with van der Waals surface area (Å²) in [5.41, 5.74) is 1.51. The predicted molar refractivity (Wildman–Crippen MR) is 106 cm³/mol. The van der Waals surface area contributed by atoms with Gasteiger partial charge < -0.3 is 20.1 Å². The van der Waals surface area contributed by atoms with Gasteiger partial charge in [0.25, 0.3) is 5.91 Å². The molecule has 1 heterocycles. The van der Waals surface area contributed by atoms with E-state index in [-0.39, 0.29) is 12.5 Å². The van der Waals surface area contributed by atoms with Crippen LogP contribution in [0.15, 0.2) is 72.9 Å². The minimum absolute atomic E-state index is 0.0593. The molecule has 0 fully saturated rings. The fraction of sp³-hybridized carbons (Fsp3) is 0.143. The molecule has 6 nitrogen and oxygen atoms in total. The van der Waals surface area contributed by atoms with E-state index < -0.39 is 0 Å². The van der Waals surface area contributed by atoms with E-state index >= 15 is 0 Å². The lowest BCUT2D eigenvalue weighted by atomic mass is 10.3. The lowest BCUT2D eigenvalue weighted by Crippen LogP contribution is -2.20. The number of hydrogen-bond donors (Lipinski definition) is 2. The molecule has 2 N–H and O–H groups in total. The first-order chi connectivity index (χ1) is 13.2. The van der Waals surface area contributed by atoms with Crippen LogP contribution in [0.3, 0.4) is 0 Å². The van der Waals surface area contributed by atoms with Gasteiger partial charge in [0.2, 0.25) is 0 Å². The van der Waals surface area contributed by atoms with Gasteiger partial charge in [0.05, 0.1) is 18.5 Å². The summed E-state index contributed by atoms with van der Waals surface area (Å²) >= 11 is 0. The van der Waals surface area contributed by atoms with Crippen LogP contribution in [0.2, 0.25) is 0 Å². The van der Waals surface area contributed by atoms with Crippen molar-refractivity contribution in [2.24, 2.45) is 0 Å². The first-order valence-electron chi connectivity index (χ1n) is 8.66. The summed E-state index contributed by atoms with van der Waals surface area (Å²) in [5, 5.41) is 5.95. The van der Waals surface area contributed by atoms with Crippen LogP contribution in [-0.4, -0.2) is 24.1 Å². The number of carbonyl (C=O) groups is 1. The number of nitrogens with zero attached hydrogens (tertiary/aromatic N) is 1. The summed E-state index contributed by atoms with van der Waals surface area (Å²) in [4.78, 5) is 16.3. The highest BCUT2D eigenvalue weighted by Gasteiger charge is 2.04. The smallest absolute Gasteiger partial charge is 0.262 e. The molecule has 0 atom stereocenters. The van der Waals surface area contributed by atoms with Crippen molar-refractivity contribution in [3.8, 4) is 11.5 Å². The molecule has 138 valence electrons. The van der Waals surface area contributed by atoms with Crippen LogP contribution in [0, 0.1) is 0 Å². The molecular weight excluding hydrogens is 342 g/mol. The highest BCUT2D eigenvalue weighted by Crippen LogP contribution is 2.19. The average Bonchev–Trinajstić information content (AvgIpc) is 2.70. The van der Waals surface area contributed by atoms with Gasteiger partial charge in [-0.2, -0.15) is 0 Å². The van der Waals surface area contributed by atoms with E-state index in [4.69, 9.17) is 9.47 Å². The van der Waals surface area contributed by atoms with Gasteiger partial charge >= 0.3 is 0 Å². The molecular formula is C21H21N3O3. The summed E-state index contributed by atoms with van der Waals surface area (Å²) in [7, 11) is 0. The number of ether oxygens (including phenoxy) is 2. The van der Waals surface area contributed by atoms with Crippen molar-refractivity contribution in [1.29, 1.82) is 0 Å². The number of carbonyl (C=O) groups excluding carboxylic acids is 1. The van der Waals surface area contributed by atoms with Crippen molar-refractivity contribution < 1.29 is 14.3 Å². The Morgan fingerprint density at radius 3 is 2.26 bits per heavy atom. The predicted octanol–water partition coefficient (Wildman–Crippen LogP) is 4.24. The second-order valence-corrected chi connectivity index (χ2v) is 5.66. The molecule has 0 aliphatic heterocycles. The molecule has 1 aromatic heterocycles. The Kier molecular flexibility index (Phi) is 6.25. The minimum Gasteiger partial charge on any atom is -0.494 e. The monoisotopic (exact) mass is 363 g/mol. The fourth-order valence-electron chi connectivity index (χ4n) is 2.35. The topological polar surface area (TPSA) is 72.5 Å². The number of para-hydroxylation sites is 1. The number of nitrogens with one attached hydrogen (secondary N) is 2. The van der Waals surface area contributed by atoms with Crippen LogP contribution in [0.25, 0.3) is 0 Å². The van der Waals surface area contributed by atoms with Gasteiger partial charge in [0.15, 0.2) is 6.61 Å². The Balaban J connectivity index is 1.50. The molecule has 1 amide bonds. The van der Waals surface area contributed by atoms with Gasteiger partial charge in [0, 0.05) is 5.69 Å². The van der Waals surface area contributed by atoms with Crippen molar-refractivity contribution >= 4 is 23.1 Å². The maximum Gasteiger partial charge on any atom is 0.262 e. The SMILES string of the molecule is CCOc1ccc(Nc2ccc(NC(=O)COc3ccccc3)cn2)cc1. The summed E-state index contributed by atoms with van der Waals surface area (Å²) < 4.78 is 10.8. The molecule has 0 unspecified atom stereocenters. The zero-order valence-corrected chi connectivity index (χ0v) is 15.0. The highest BCUT2D eigenvalue weighted by atomic mass is 16.5. The lowest BCUT2D eigenvalue weighted by Gasteiger charge is -2.09. The van der Waals surface area contributed by atoms with Gasteiger partial charge in [0.1, 0.15) is 17.3 Å². The lowest BCUT2D eigenvalue weighted by molar-refractivity contribution is -0.118. The van der Waals surface area contributed by atoms with E-state index in [9.17, 15) is 4.79 Å². The third kappa shape index (κ3) is 5.74. The molecule has 0 spiro atoms. The zero-order chi connectivity index (χ0) is 18.9. The Morgan fingerprint density at radius 2 is 1.59 bits per heavy atom. The molecule has 3 aromatic rings. The Labute approximate surface area is 158 Å². The van der Waals surface area contributed by atoms with E-state index in [0.717, 1.165) is 11.4 Å². The number of benzene rings is 2. The second kappa shape index (κ2) is 9.24. The summed E-state index contributed by atoms with van der Waals surface area (Å²) in [5.74, 6) is 1.91. The first-order valence-corrected chi connectivity index (χ1v) is 8.66. The van der Waals surface area contributed by atoms with E-state index in [1.54, 1.807) is 30.5 Å². The standard InChI is InChI=1S/C21H21N3O3/c1-2-26-19-11-8-16(9-12-19)23-20-13-10-17(14-22-20)24-21(25)15-27-18-6-4-3-5-7-18/h3-14H,2,15H2,1H3,(H,22,23)(H,24,25). The van der Waals surface area contributed by atoms with E-state index in [0.29, 0.717) is 23.9 Å². The molecule has 3 rings (SSSR count). The van der Waals surface area contributed by atoms with Crippen molar-refractivity contribution in [3.63, 3.8) is 0 Å². The first kappa shape index (κ1) is 18.3. The average molecular weight is 363 g/mol. The molecule has 27 heavy (non-hydrogen) atoms. The van der Waals surface area contributed by atoms with Crippen LogP contribution < -0.4 is 20.1 Å². The number of amides is 1. The van der Waals surface area contributed by atoms with Crippen molar-refractivity contribution in [2.75, 3.05) is 23.8 Å². The Hall–Kier alpha value is -3.54. The molecule has 0 radical (unpaired) electrons. The summed E-state index contributed by atoms with van der Waals surface area (Å²) in [6.07, 6.45) is 1.59. The minimum atomic E-state index is -0.243. The van der Waals surface area contributed by atoms with Crippen molar-refractivity contribution in [1.82, 2.24) is 4.98 Å². The number of aromatic nitrogens is 1. The molecule has 0 bridgehead atoms. The summed E-state index contributed by atoms with van der Waals surface area (Å²) in [6, 6.07) is 20.4.